The number of hydrogen-bond acceptors (Lipinski definition) is 4. The lowest BCUT2D eigenvalue weighted by Gasteiger charge is -1.99. The normalized spacial score (nSPS) is 24.1. The Morgan fingerprint density at radius 3 is 2.79 bits per heavy atom. The topological polar surface area (TPSA) is 57.0 Å². The standard InChI is InChI=1S/C9H15NO4/c1-3-14-9(12)7-6-10(7)5-4-8(11)13-2/h7H,3-6H2,1-2H3/p+1/t7-,10?/m0/s1. The molecule has 14 heavy (non-hydrogen) atoms. The first kappa shape index (κ1) is 11.0. The third kappa shape index (κ3) is 2.99. The molecular formula is C9H16NO4+. The molecule has 1 heterocycles. The molecule has 1 unspecified atom stereocenters. The maximum atomic E-state index is 11.2. The molecule has 0 bridgehead atoms. The van der Waals surface area contributed by atoms with Gasteiger partial charge in [-0.05, 0) is 6.92 Å². The Labute approximate surface area is 83.0 Å². The maximum absolute atomic E-state index is 11.2. The molecule has 0 aromatic heterocycles. The molecule has 0 aliphatic carbocycles. The van der Waals surface area contributed by atoms with Crippen LogP contribution in [0.15, 0.2) is 0 Å². The highest BCUT2D eigenvalue weighted by Crippen LogP contribution is 1.94. The molecule has 5 nitrogen and oxygen atoms in total. The fourth-order valence-corrected chi connectivity index (χ4v) is 1.34. The van der Waals surface area contributed by atoms with Gasteiger partial charge in [-0.3, -0.25) is 4.79 Å². The van der Waals surface area contributed by atoms with Crippen molar-refractivity contribution >= 4 is 11.9 Å². The summed E-state index contributed by atoms with van der Waals surface area (Å²) in [5.41, 5.74) is 0. The predicted molar refractivity (Wildman–Crippen MR) is 47.8 cm³/mol. The molecule has 0 spiro atoms. The zero-order valence-electron chi connectivity index (χ0n) is 8.54. The van der Waals surface area contributed by atoms with Crippen molar-refractivity contribution in [2.24, 2.45) is 0 Å². The Morgan fingerprint density at radius 1 is 1.50 bits per heavy atom. The van der Waals surface area contributed by atoms with E-state index in [4.69, 9.17) is 4.74 Å². The van der Waals surface area contributed by atoms with Gasteiger partial charge in [0.25, 0.3) is 0 Å². The highest BCUT2D eigenvalue weighted by atomic mass is 16.5. The van der Waals surface area contributed by atoms with Crippen molar-refractivity contribution in [1.82, 2.24) is 0 Å². The Morgan fingerprint density at radius 2 is 2.21 bits per heavy atom. The Bertz CT molecular complexity index is 229. The van der Waals surface area contributed by atoms with E-state index in [1.165, 1.54) is 7.11 Å². The third-order valence-corrected chi connectivity index (χ3v) is 2.25. The molecule has 1 saturated heterocycles. The summed E-state index contributed by atoms with van der Waals surface area (Å²) in [6.45, 7) is 3.62. The van der Waals surface area contributed by atoms with Gasteiger partial charge in [0.2, 0.25) is 6.04 Å². The van der Waals surface area contributed by atoms with Crippen LogP contribution in [0.3, 0.4) is 0 Å². The molecule has 0 saturated carbocycles. The van der Waals surface area contributed by atoms with Crippen molar-refractivity contribution in [3.8, 4) is 0 Å². The zero-order chi connectivity index (χ0) is 10.6. The van der Waals surface area contributed by atoms with E-state index >= 15 is 0 Å². The van der Waals surface area contributed by atoms with Gasteiger partial charge in [-0.1, -0.05) is 0 Å². The lowest BCUT2D eigenvalue weighted by atomic mass is 10.4. The predicted octanol–water partition coefficient (Wildman–Crippen LogP) is -1.62. The summed E-state index contributed by atoms with van der Waals surface area (Å²) in [6, 6.07) is -0.0559. The average Bonchev–Trinajstić information content (AvgIpc) is 2.94. The fraction of sp³-hybridized carbons (Fsp3) is 0.778. The number of nitrogens with one attached hydrogen (secondary N) is 1. The molecule has 1 N–H and O–H groups in total. The van der Waals surface area contributed by atoms with E-state index in [1.54, 1.807) is 6.92 Å². The molecule has 80 valence electrons. The van der Waals surface area contributed by atoms with Crippen molar-refractivity contribution < 1.29 is 24.0 Å². The third-order valence-electron chi connectivity index (χ3n) is 2.25. The highest BCUT2D eigenvalue weighted by Gasteiger charge is 2.47. The highest BCUT2D eigenvalue weighted by molar-refractivity contribution is 5.76. The number of methoxy groups -OCH3 is 1. The van der Waals surface area contributed by atoms with Gasteiger partial charge in [0.15, 0.2) is 0 Å². The second kappa shape index (κ2) is 4.95. The van der Waals surface area contributed by atoms with E-state index in [1.807, 2.05) is 0 Å². The van der Waals surface area contributed by atoms with E-state index in [-0.39, 0.29) is 18.0 Å². The number of carbonyl (C=O) groups is 2. The molecule has 1 aliphatic rings. The molecule has 5 heteroatoms. The van der Waals surface area contributed by atoms with Crippen LogP contribution in [0.5, 0.6) is 0 Å². The minimum Gasteiger partial charge on any atom is -0.469 e. The summed E-state index contributed by atoms with van der Waals surface area (Å²) in [6.07, 6.45) is 0.363. The Hall–Kier alpha value is -1.10. The van der Waals surface area contributed by atoms with Crippen molar-refractivity contribution in [3.63, 3.8) is 0 Å². The van der Waals surface area contributed by atoms with Crippen LogP contribution >= 0.6 is 0 Å². The van der Waals surface area contributed by atoms with E-state index in [0.29, 0.717) is 19.6 Å². The van der Waals surface area contributed by atoms with Crippen LogP contribution in [0.25, 0.3) is 0 Å². The summed E-state index contributed by atoms with van der Waals surface area (Å²) >= 11 is 0. The van der Waals surface area contributed by atoms with Crippen LogP contribution in [0, 0.1) is 0 Å². The van der Waals surface area contributed by atoms with Gasteiger partial charge in [0.1, 0.15) is 6.54 Å². The Balaban J connectivity index is 2.13. The van der Waals surface area contributed by atoms with Crippen LogP contribution in [0.2, 0.25) is 0 Å². The lowest BCUT2D eigenvalue weighted by Crippen LogP contribution is -2.95. The second-order valence-corrected chi connectivity index (χ2v) is 3.24. The number of ether oxygens (including phenoxy) is 2. The van der Waals surface area contributed by atoms with Crippen molar-refractivity contribution in [1.29, 1.82) is 0 Å². The number of carbonyl (C=O) groups excluding carboxylic acids is 2. The first-order chi connectivity index (χ1) is 6.69. The van der Waals surface area contributed by atoms with Crippen LogP contribution < -0.4 is 4.90 Å². The molecule has 0 amide bonds. The van der Waals surface area contributed by atoms with Gasteiger partial charge in [0, 0.05) is 0 Å². The second-order valence-electron chi connectivity index (χ2n) is 3.24. The SMILES string of the molecule is CCOC(=O)[C@@H]1C[NH+]1CCC(=O)OC. The van der Waals surface area contributed by atoms with Gasteiger partial charge in [-0.25, -0.2) is 4.79 Å². The van der Waals surface area contributed by atoms with E-state index in [0.717, 1.165) is 11.4 Å². The van der Waals surface area contributed by atoms with Crippen molar-refractivity contribution in [2.75, 3.05) is 26.8 Å². The fourth-order valence-electron chi connectivity index (χ4n) is 1.34. The minimum absolute atomic E-state index is 0.0559. The van der Waals surface area contributed by atoms with Crippen LogP contribution in [-0.2, 0) is 19.1 Å². The van der Waals surface area contributed by atoms with E-state index in [2.05, 4.69) is 4.74 Å². The molecule has 0 aromatic carbocycles. The van der Waals surface area contributed by atoms with E-state index in [9.17, 15) is 9.59 Å². The summed E-state index contributed by atoms with van der Waals surface area (Å²) in [5, 5.41) is 0. The van der Waals surface area contributed by atoms with Gasteiger partial charge in [-0.2, -0.15) is 0 Å². The number of rotatable bonds is 5. The maximum Gasteiger partial charge on any atom is 0.371 e. The van der Waals surface area contributed by atoms with Gasteiger partial charge in [0.05, 0.1) is 26.7 Å². The molecular weight excluding hydrogens is 186 g/mol. The lowest BCUT2D eigenvalue weighted by molar-refractivity contribution is -0.768. The van der Waals surface area contributed by atoms with Crippen LogP contribution in [0.4, 0.5) is 0 Å². The molecule has 2 atom stereocenters. The van der Waals surface area contributed by atoms with Crippen molar-refractivity contribution in [3.05, 3.63) is 0 Å². The smallest absolute Gasteiger partial charge is 0.371 e. The molecule has 1 fully saturated rings. The van der Waals surface area contributed by atoms with E-state index < -0.39 is 0 Å². The molecule has 0 radical (unpaired) electrons. The first-order valence-electron chi connectivity index (χ1n) is 4.77. The summed E-state index contributed by atoms with van der Waals surface area (Å²) < 4.78 is 9.36. The Kier molecular flexibility index (Phi) is 3.88. The molecule has 0 aromatic rings. The summed E-state index contributed by atoms with van der Waals surface area (Å²) in [4.78, 5) is 23.1. The summed E-state index contributed by atoms with van der Waals surface area (Å²) in [7, 11) is 1.36. The minimum atomic E-state index is -0.230. The van der Waals surface area contributed by atoms with Gasteiger partial charge < -0.3 is 14.4 Å². The monoisotopic (exact) mass is 202 g/mol. The van der Waals surface area contributed by atoms with Gasteiger partial charge in [-0.15, -0.1) is 0 Å². The number of esters is 2. The largest absolute Gasteiger partial charge is 0.469 e. The summed E-state index contributed by atoms with van der Waals surface area (Å²) in [5.74, 6) is -0.389. The average molecular weight is 202 g/mol. The van der Waals surface area contributed by atoms with Gasteiger partial charge >= 0.3 is 11.9 Å². The quantitative estimate of drug-likeness (QED) is 0.430. The number of quaternary nitrogens is 1. The number of hydrogen-bond donors (Lipinski definition) is 1. The van der Waals surface area contributed by atoms with Crippen LogP contribution in [-0.4, -0.2) is 44.8 Å². The van der Waals surface area contributed by atoms with Crippen molar-refractivity contribution in [2.45, 2.75) is 19.4 Å². The molecule has 1 aliphatic heterocycles. The molecule has 1 rings (SSSR count). The zero-order valence-corrected chi connectivity index (χ0v) is 8.54. The first-order valence-corrected chi connectivity index (χ1v) is 4.77. The van der Waals surface area contributed by atoms with Crippen LogP contribution in [0.1, 0.15) is 13.3 Å².